The van der Waals surface area contributed by atoms with Gasteiger partial charge in [-0.3, -0.25) is 0 Å². The highest BCUT2D eigenvalue weighted by atomic mass is 35.5. The first-order valence-corrected chi connectivity index (χ1v) is 9.43. The van der Waals surface area contributed by atoms with E-state index in [-0.39, 0.29) is 1.43 Å². The molecule has 0 aromatic heterocycles. The molecule has 1 aliphatic carbocycles. The molecule has 0 bridgehead atoms. The molecular weight excluding hydrogens is 292 g/mol. The van der Waals surface area contributed by atoms with E-state index in [4.69, 9.17) is 11.6 Å². The number of hydrogen-bond acceptors (Lipinski definition) is 2. The standard InChI is InChI=1S/C19H27ClN2.H2/c20-15-7-8-18-17(13-15)19(14-21-18)9-11-22(12-10-19)16-5-3-1-2-4-6-16;/h7-8,13,16,21H,1-6,9-12,14H2;1H. The third-order valence-corrected chi connectivity index (χ3v) is 6.50. The highest BCUT2D eigenvalue weighted by Gasteiger charge is 2.42. The Kier molecular flexibility index (Phi) is 4.08. The second-order valence-corrected chi connectivity index (χ2v) is 7.94. The van der Waals surface area contributed by atoms with Gasteiger partial charge in [0.1, 0.15) is 0 Å². The molecule has 1 N–H and O–H groups in total. The number of fused-ring (bicyclic) bond motifs is 2. The Morgan fingerprint density at radius 2 is 1.82 bits per heavy atom. The molecule has 0 atom stereocenters. The predicted molar refractivity (Wildman–Crippen MR) is 96.0 cm³/mol. The molecule has 3 heteroatoms. The second kappa shape index (κ2) is 6.05. The highest BCUT2D eigenvalue weighted by molar-refractivity contribution is 6.30. The Bertz CT molecular complexity index is 532. The predicted octanol–water partition coefficient (Wildman–Crippen LogP) is 5.07. The van der Waals surface area contributed by atoms with Gasteiger partial charge in [0.05, 0.1) is 0 Å². The molecule has 4 rings (SSSR count). The Hall–Kier alpha value is -0.730. The fraction of sp³-hybridized carbons (Fsp3) is 0.684. The summed E-state index contributed by atoms with van der Waals surface area (Å²) in [6.45, 7) is 3.62. The lowest BCUT2D eigenvalue weighted by Crippen LogP contribution is -2.47. The first-order valence-electron chi connectivity index (χ1n) is 9.05. The lowest BCUT2D eigenvalue weighted by molar-refractivity contribution is 0.111. The van der Waals surface area contributed by atoms with E-state index in [1.807, 2.05) is 6.07 Å². The average molecular weight is 321 g/mol. The molecule has 1 saturated heterocycles. The zero-order chi connectivity index (χ0) is 15.0. The van der Waals surface area contributed by atoms with Gasteiger partial charge in [0, 0.05) is 30.1 Å². The molecule has 2 aliphatic heterocycles. The zero-order valence-electron chi connectivity index (χ0n) is 13.4. The van der Waals surface area contributed by atoms with Gasteiger partial charge in [-0.25, -0.2) is 0 Å². The molecule has 1 spiro atoms. The Labute approximate surface area is 140 Å². The average Bonchev–Trinajstić information content (AvgIpc) is 2.74. The van der Waals surface area contributed by atoms with Gasteiger partial charge in [0.15, 0.2) is 0 Å². The summed E-state index contributed by atoms with van der Waals surface area (Å²) in [5.74, 6) is 0. The van der Waals surface area contributed by atoms with Crippen LogP contribution in [0.4, 0.5) is 5.69 Å². The van der Waals surface area contributed by atoms with Crippen molar-refractivity contribution in [1.82, 2.24) is 4.90 Å². The van der Waals surface area contributed by atoms with Crippen LogP contribution in [-0.2, 0) is 5.41 Å². The number of hydrogen-bond donors (Lipinski definition) is 1. The highest BCUT2D eigenvalue weighted by Crippen LogP contribution is 2.45. The van der Waals surface area contributed by atoms with Crippen molar-refractivity contribution in [3.63, 3.8) is 0 Å². The van der Waals surface area contributed by atoms with Crippen LogP contribution in [0.5, 0.6) is 0 Å². The minimum absolute atomic E-state index is 0. The number of halogens is 1. The second-order valence-electron chi connectivity index (χ2n) is 7.51. The van der Waals surface area contributed by atoms with Crippen molar-refractivity contribution in [2.45, 2.75) is 62.8 Å². The molecule has 2 fully saturated rings. The van der Waals surface area contributed by atoms with Gasteiger partial charge in [-0.1, -0.05) is 37.3 Å². The summed E-state index contributed by atoms with van der Waals surface area (Å²) in [6.07, 6.45) is 11.2. The van der Waals surface area contributed by atoms with Crippen molar-refractivity contribution >= 4 is 17.3 Å². The Morgan fingerprint density at radius 1 is 1.09 bits per heavy atom. The smallest absolute Gasteiger partial charge is 0.0410 e. The zero-order valence-corrected chi connectivity index (χ0v) is 14.2. The van der Waals surface area contributed by atoms with Crippen LogP contribution in [0, 0.1) is 0 Å². The van der Waals surface area contributed by atoms with Crippen LogP contribution in [-0.4, -0.2) is 30.6 Å². The fourth-order valence-electron chi connectivity index (χ4n) is 4.86. The van der Waals surface area contributed by atoms with Gasteiger partial charge < -0.3 is 10.2 Å². The van der Waals surface area contributed by atoms with E-state index in [0.29, 0.717) is 5.41 Å². The molecule has 122 valence electrons. The first kappa shape index (κ1) is 14.8. The molecule has 0 radical (unpaired) electrons. The van der Waals surface area contributed by atoms with Gasteiger partial charge in [0.25, 0.3) is 0 Å². The fourth-order valence-corrected chi connectivity index (χ4v) is 5.03. The monoisotopic (exact) mass is 320 g/mol. The van der Waals surface area contributed by atoms with Crippen molar-refractivity contribution in [1.29, 1.82) is 0 Å². The molecule has 1 aromatic rings. The van der Waals surface area contributed by atoms with E-state index < -0.39 is 0 Å². The van der Waals surface area contributed by atoms with Crippen LogP contribution in [0.3, 0.4) is 0 Å². The molecule has 22 heavy (non-hydrogen) atoms. The molecule has 1 saturated carbocycles. The number of rotatable bonds is 1. The Balaban J connectivity index is 0.00000156. The van der Waals surface area contributed by atoms with Crippen LogP contribution in [0.1, 0.15) is 58.4 Å². The lowest BCUT2D eigenvalue weighted by atomic mass is 9.74. The first-order chi connectivity index (χ1) is 10.8. The van der Waals surface area contributed by atoms with Crippen molar-refractivity contribution in [2.24, 2.45) is 0 Å². The number of nitrogens with one attached hydrogen (secondary N) is 1. The van der Waals surface area contributed by atoms with Crippen LogP contribution in [0.25, 0.3) is 0 Å². The molecule has 0 amide bonds. The minimum Gasteiger partial charge on any atom is -0.384 e. The number of piperidine rings is 1. The van der Waals surface area contributed by atoms with E-state index in [2.05, 4.69) is 22.3 Å². The maximum absolute atomic E-state index is 6.26. The van der Waals surface area contributed by atoms with Crippen LogP contribution >= 0.6 is 11.6 Å². The normalized spacial score (nSPS) is 25.7. The number of anilines is 1. The third-order valence-electron chi connectivity index (χ3n) is 6.27. The van der Waals surface area contributed by atoms with Crippen LogP contribution < -0.4 is 5.32 Å². The largest absolute Gasteiger partial charge is 0.384 e. The molecule has 2 heterocycles. The van der Waals surface area contributed by atoms with Gasteiger partial charge in [-0.15, -0.1) is 0 Å². The number of benzene rings is 1. The SMILES string of the molecule is Clc1ccc2c(c1)C1(CCN(C3CCCCCC3)CC1)CN2.[HH]. The molecule has 0 unspecified atom stereocenters. The van der Waals surface area contributed by atoms with Gasteiger partial charge in [-0.2, -0.15) is 0 Å². The third kappa shape index (κ3) is 2.65. The van der Waals surface area contributed by atoms with Crippen molar-refractivity contribution in [2.75, 3.05) is 25.0 Å². The maximum atomic E-state index is 6.26. The van der Waals surface area contributed by atoms with E-state index in [0.717, 1.165) is 17.6 Å². The van der Waals surface area contributed by atoms with Crippen LogP contribution in [0.2, 0.25) is 5.02 Å². The van der Waals surface area contributed by atoms with Gasteiger partial charge in [0.2, 0.25) is 0 Å². The summed E-state index contributed by atoms with van der Waals surface area (Å²) in [6, 6.07) is 7.23. The van der Waals surface area contributed by atoms with Crippen molar-refractivity contribution in [3.8, 4) is 0 Å². The van der Waals surface area contributed by atoms with Crippen molar-refractivity contribution in [3.05, 3.63) is 28.8 Å². The number of nitrogens with zero attached hydrogens (tertiary/aromatic N) is 1. The van der Waals surface area contributed by atoms with Crippen molar-refractivity contribution < 1.29 is 1.43 Å². The van der Waals surface area contributed by atoms with Gasteiger partial charge in [-0.05, 0) is 62.5 Å². The van der Waals surface area contributed by atoms with E-state index in [1.165, 1.54) is 75.7 Å². The molecule has 3 aliphatic rings. The van der Waals surface area contributed by atoms with E-state index in [1.54, 1.807) is 0 Å². The summed E-state index contributed by atoms with van der Waals surface area (Å²) in [4.78, 5) is 2.79. The summed E-state index contributed by atoms with van der Waals surface area (Å²) in [7, 11) is 0. The summed E-state index contributed by atoms with van der Waals surface area (Å²) in [5, 5.41) is 4.50. The molecule has 1 aromatic carbocycles. The minimum atomic E-state index is 0. The topological polar surface area (TPSA) is 15.3 Å². The quantitative estimate of drug-likeness (QED) is 0.727. The van der Waals surface area contributed by atoms with Gasteiger partial charge >= 0.3 is 0 Å². The number of likely N-dealkylation sites (tertiary alicyclic amines) is 1. The van der Waals surface area contributed by atoms with E-state index in [9.17, 15) is 0 Å². The maximum Gasteiger partial charge on any atom is 0.0410 e. The van der Waals surface area contributed by atoms with E-state index >= 15 is 0 Å². The summed E-state index contributed by atoms with van der Waals surface area (Å²) < 4.78 is 0. The summed E-state index contributed by atoms with van der Waals surface area (Å²) in [5.41, 5.74) is 3.12. The van der Waals surface area contributed by atoms with Crippen LogP contribution in [0.15, 0.2) is 18.2 Å². The summed E-state index contributed by atoms with van der Waals surface area (Å²) >= 11 is 6.26. The molecular formula is C19H29ClN2. The Morgan fingerprint density at radius 3 is 2.55 bits per heavy atom. The lowest BCUT2D eigenvalue weighted by Gasteiger charge is -2.42. The molecule has 2 nitrogen and oxygen atoms in total.